The average molecular weight is 472 g/mol. The number of rotatable bonds is 7. The van der Waals surface area contributed by atoms with Gasteiger partial charge in [-0.25, -0.2) is 4.79 Å². The van der Waals surface area contributed by atoms with Crippen LogP contribution in [-0.2, 0) is 16.1 Å². The number of hydrogen-bond acceptors (Lipinski definition) is 3. The molecule has 1 aliphatic carbocycles. The highest BCUT2D eigenvalue weighted by Gasteiger charge is 2.55. The lowest BCUT2D eigenvalue weighted by Crippen LogP contribution is -2.53. The molecule has 0 unspecified atom stereocenters. The van der Waals surface area contributed by atoms with Gasteiger partial charge in [-0.2, -0.15) is 0 Å². The molecule has 0 spiro atoms. The van der Waals surface area contributed by atoms with Crippen molar-refractivity contribution in [1.82, 2.24) is 4.90 Å². The molecule has 184 valence electrons. The van der Waals surface area contributed by atoms with Gasteiger partial charge in [-0.3, -0.25) is 9.69 Å². The Balaban J connectivity index is 2.60. The predicted molar refractivity (Wildman–Crippen MR) is 140 cm³/mol. The van der Waals surface area contributed by atoms with Gasteiger partial charge in [0.05, 0.1) is 8.07 Å². The first-order valence-corrected chi connectivity index (χ1v) is 14.7. The fourth-order valence-corrected chi connectivity index (χ4v) is 13.5. The van der Waals surface area contributed by atoms with Crippen LogP contribution in [0.4, 0.5) is 4.79 Å². The number of carbonyl (C=O) groups is 2. The third-order valence-electron chi connectivity index (χ3n) is 7.52. The SMILES string of the molecule is CC1=C([Si](C(C)C)(C(C)C)C(C)C)C(=O)[C@@H](N(Cc2ccccc2)C(=O)OC(C)(C)C)[C@@H]1C. The summed E-state index contributed by atoms with van der Waals surface area (Å²) in [5, 5.41) is 1.07. The first-order chi connectivity index (χ1) is 15.2. The Hall–Kier alpha value is -1.88. The number of ether oxygens (including phenoxy) is 1. The lowest BCUT2D eigenvalue weighted by molar-refractivity contribution is -0.120. The number of ketones is 1. The summed E-state index contributed by atoms with van der Waals surface area (Å²) < 4.78 is 5.81. The van der Waals surface area contributed by atoms with Crippen LogP contribution in [0, 0.1) is 5.92 Å². The largest absolute Gasteiger partial charge is 0.444 e. The van der Waals surface area contributed by atoms with Crippen molar-refractivity contribution in [1.29, 1.82) is 0 Å². The van der Waals surface area contributed by atoms with E-state index >= 15 is 0 Å². The van der Waals surface area contributed by atoms with Crippen molar-refractivity contribution in [2.24, 2.45) is 5.92 Å². The van der Waals surface area contributed by atoms with E-state index in [1.54, 1.807) is 4.90 Å². The number of carbonyl (C=O) groups excluding carboxylic acids is 2. The average Bonchev–Trinajstić information content (AvgIpc) is 2.89. The van der Waals surface area contributed by atoms with Crippen molar-refractivity contribution in [3.8, 4) is 0 Å². The molecule has 0 radical (unpaired) electrons. The van der Waals surface area contributed by atoms with Gasteiger partial charge >= 0.3 is 6.09 Å². The van der Waals surface area contributed by atoms with Crippen LogP contribution in [0.5, 0.6) is 0 Å². The normalized spacial score (nSPS) is 19.8. The molecular weight excluding hydrogens is 426 g/mol. The van der Waals surface area contributed by atoms with Gasteiger partial charge in [-0.1, -0.05) is 84.4 Å². The molecule has 1 aromatic rings. The minimum absolute atomic E-state index is 0.0353. The van der Waals surface area contributed by atoms with E-state index in [4.69, 9.17) is 4.74 Å². The fourth-order valence-electron chi connectivity index (χ4n) is 6.24. The van der Waals surface area contributed by atoms with Crippen LogP contribution in [0.3, 0.4) is 0 Å². The van der Waals surface area contributed by atoms with E-state index in [2.05, 4.69) is 55.4 Å². The monoisotopic (exact) mass is 471 g/mol. The number of hydrogen-bond donors (Lipinski definition) is 0. The zero-order chi connectivity index (χ0) is 25.3. The van der Waals surface area contributed by atoms with E-state index < -0.39 is 25.8 Å². The second-order valence-electron chi connectivity index (χ2n) is 11.6. The number of Topliss-reactive ketones (excluding diaryl/α,β-unsaturated/α-hetero) is 1. The highest BCUT2D eigenvalue weighted by Crippen LogP contribution is 2.51. The fraction of sp³-hybridized carbons (Fsp3) is 0.643. The maximum atomic E-state index is 14.3. The molecule has 0 saturated carbocycles. The van der Waals surface area contributed by atoms with Gasteiger partial charge < -0.3 is 4.74 Å². The Bertz CT molecular complexity index is 858. The Morgan fingerprint density at radius 2 is 1.48 bits per heavy atom. The summed E-state index contributed by atoms with van der Waals surface area (Å²) in [5.41, 5.74) is 2.84. The Labute approximate surface area is 202 Å². The van der Waals surface area contributed by atoms with Crippen LogP contribution < -0.4 is 0 Å². The lowest BCUT2D eigenvalue weighted by atomic mass is 9.98. The van der Waals surface area contributed by atoms with Crippen molar-refractivity contribution >= 4 is 20.0 Å². The van der Waals surface area contributed by atoms with E-state index in [9.17, 15) is 9.59 Å². The van der Waals surface area contributed by atoms with Crippen molar-refractivity contribution in [3.05, 3.63) is 46.7 Å². The van der Waals surface area contributed by atoms with E-state index in [1.165, 1.54) is 5.57 Å². The Morgan fingerprint density at radius 3 is 1.91 bits per heavy atom. The molecule has 0 saturated heterocycles. The molecule has 0 aromatic heterocycles. The number of benzene rings is 1. The van der Waals surface area contributed by atoms with Crippen LogP contribution in [-0.4, -0.2) is 36.5 Å². The molecule has 2 atom stereocenters. The van der Waals surface area contributed by atoms with Gasteiger partial charge in [0.2, 0.25) is 0 Å². The summed E-state index contributed by atoms with van der Waals surface area (Å²) >= 11 is 0. The van der Waals surface area contributed by atoms with Crippen LogP contribution in [0.15, 0.2) is 41.1 Å². The van der Waals surface area contributed by atoms with Gasteiger partial charge in [0.1, 0.15) is 11.6 Å². The van der Waals surface area contributed by atoms with Crippen LogP contribution in [0.2, 0.25) is 16.6 Å². The molecule has 0 bridgehead atoms. The van der Waals surface area contributed by atoms with Crippen LogP contribution >= 0.6 is 0 Å². The minimum Gasteiger partial charge on any atom is -0.444 e. The summed E-state index contributed by atoms with van der Waals surface area (Å²) in [7, 11) is -2.17. The van der Waals surface area contributed by atoms with Gasteiger partial charge in [0.15, 0.2) is 5.78 Å². The molecule has 0 aliphatic heterocycles. The molecule has 0 N–H and O–H groups in total. The third-order valence-corrected chi connectivity index (χ3v) is 14.8. The molecule has 33 heavy (non-hydrogen) atoms. The lowest BCUT2D eigenvalue weighted by Gasteiger charge is -2.44. The van der Waals surface area contributed by atoms with Gasteiger partial charge in [0.25, 0.3) is 0 Å². The zero-order valence-electron chi connectivity index (χ0n) is 22.7. The van der Waals surface area contributed by atoms with E-state index in [1.807, 2.05) is 51.1 Å². The second-order valence-corrected chi connectivity index (χ2v) is 17.5. The smallest absolute Gasteiger partial charge is 0.411 e. The van der Waals surface area contributed by atoms with E-state index in [-0.39, 0.29) is 11.7 Å². The Morgan fingerprint density at radius 1 is 1.00 bits per heavy atom. The quantitative estimate of drug-likeness (QED) is 0.386. The third kappa shape index (κ3) is 5.29. The van der Waals surface area contributed by atoms with Crippen molar-refractivity contribution < 1.29 is 14.3 Å². The summed E-state index contributed by atoms with van der Waals surface area (Å²) in [6, 6.07) is 9.36. The van der Waals surface area contributed by atoms with E-state index in [0.717, 1.165) is 10.8 Å². The molecule has 0 fully saturated rings. The molecule has 0 heterocycles. The highest BCUT2D eigenvalue weighted by molar-refractivity contribution is 6.93. The summed E-state index contributed by atoms with van der Waals surface area (Å²) in [4.78, 5) is 29.5. The first-order valence-electron chi connectivity index (χ1n) is 12.4. The van der Waals surface area contributed by atoms with Crippen molar-refractivity contribution in [2.45, 2.75) is 111 Å². The highest BCUT2D eigenvalue weighted by atomic mass is 28.3. The molecule has 1 amide bonds. The molecule has 1 aliphatic rings. The van der Waals surface area contributed by atoms with Gasteiger partial charge in [-0.15, -0.1) is 0 Å². The second kappa shape index (κ2) is 10.2. The predicted octanol–water partition coefficient (Wildman–Crippen LogP) is 7.55. The summed E-state index contributed by atoms with van der Waals surface area (Å²) in [5.74, 6) is 0.108. The molecule has 1 aromatic carbocycles. The molecule has 5 heteroatoms. The number of amides is 1. The molecule has 4 nitrogen and oxygen atoms in total. The molecular formula is C28H45NO3Si. The van der Waals surface area contributed by atoms with Crippen molar-refractivity contribution in [3.63, 3.8) is 0 Å². The first kappa shape index (κ1) is 27.4. The maximum absolute atomic E-state index is 14.3. The standard InChI is InChI=1S/C28H45NO3Si/c1-18(2)33(19(3)4,20(5)6)26-22(8)21(7)24(25(26)30)29(27(31)32-28(9,10)11)17-23-15-13-12-14-16-23/h12-16,18-21,24H,17H2,1-11H3/t21-,24+/m1/s1. The van der Waals surface area contributed by atoms with Crippen molar-refractivity contribution in [2.75, 3.05) is 0 Å². The summed E-state index contributed by atoms with van der Waals surface area (Å²) in [6.45, 7) is 23.9. The molecule has 2 rings (SSSR count). The van der Waals surface area contributed by atoms with Crippen LogP contribution in [0.1, 0.15) is 81.7 Å². The topological polar surface area (TPSA) is 46.6 Å². The summed E-state index contributed by atoms with van der Waals surface area (Å²) in [6.07, 6.45) is -0.420. The zero-order valence-corrected chi connectivity index (χ0v) is 23.7. The minimum atomic E-state index is -2.17. The van der Waals surface area contributed by atoms with Gasteiger partial charge in [-0.05, 0) is 55.1 Å². The van der Waals surface area contributed by atoms with Gasteiger partial charge in [0, 0.05) is 12.5 Å². The van der Waals surface area contributed by atoms with E-state index in [0.29, 0.717) is 23.2 Å². The maximum Gasteiger partial charge on any atom is 0.411 e. The van der Waals surface area contributed by atoms with Crippen LogP contribution in [0.25, 0.3) is 0 Å². The Kier molecular flexibility index (Phi) is 8.43. The number of nitrogens with zero attached hydrogens (tertiary/aromatic N) is 1.